The third-order valence-electron chi connectivity index (χ3n) is 11.8. The van der Waals surface area contributed by atoms with Crippen LogP contribution in [0.25, 0.3) is 20.4 Å². The van der Waals surface area contributed by atoms with Crippen LogP contribution in [0, 0.1) is 90.9 Å². The number of rotatable bonds is 0. The second-order valence-electron chi connectivity index (χ2n) is 16.9. The van der Waals surface area contributed by atoms with Crippen LogP contribution in [0.2, 0.25) is 0 Å². The maximum Gasteiger partial charge on any atom is 0.0907 e. The normalized spacial score (nSPS) is 23.2. The monoisotopic (exact) mass is 800 g/mol. The van der Waals surface area contributed by atoms with Gasteiger partial charge in [0.05, 0.1) is 30.4 Å². The van der Waals surface area contributed by atoms with Crippen molar-refractivity contribution in [2.45, 2.75) is 145 Å². The van der Waals surface area contributed by atoms with Gasteiger partial charge in [-0.2, -0.15) is 0 Å². The number of aryl methyl sites for hydroxylation is 8. The van der Waals surface area contributed by atoms with Crippen molar-refractivity contribution in [3.8, 4) is 0 Å². The van der Waals surface area contributed by atoms with E-state index in [2.05, 4.69) is 150 Å². The molecule has 0 N–H and O–H groups in total. The number of thiazole rings is 2. The highest BCUT2D eigenvalue weighted by atomic mass is 32.2. The fourth-order valence-electron chi connectivity index (χ4n) is 7.63. The zero-order valence-electron chi connectivity index (χ0n) is 35.9. The van der Waals surface area contributed by atoms with Gasteiger partial charge in [0, 0.05) is 14.0 Å². The van der Waals surface area contributed by atoms with Crippen molar-refractivity contribution in [3.63, 3.8) is 0 Å². The summed E-state index contributed by atoms with van der Waals surface area (Å²) in [5, 5.41) is 2.31. The third kappa shape index (κ3) is 12.2. The Morgan fingerprint density at radius 3 is 1.11 bits per heavy atom. The first-order valence-corrected chi connectivity index (χ1v) is 23.5. The van der Waals surface area contributed by atoms with Crippen LogP contribution in [0.1, 0.15) is 123 Å². The molecule has 0 bridgehead atoms. The largest absolute Gasteiger partial charge is 0.241 e. The minimum Gasteiger partial charge on any atom is -0.241 e. The molecule has 2 saturated carbocycles. The lowest BCUT2D eigenvalue weighted by Gasteiger charge is -2.29. The van der Waals surface area contributed by atoms with Crippen molar-refractivity contribution >= 4 is 66.6 Å². The van der Waals surface area contributed by atoms with Crippen molar-refractivity contribution in [1.29, 1.82) is 0 Å². The fourth-order valence-corrected chi connectivity index (χ4v) is 11.9. The van der Waals surface area contributed by atoms with Gasteiger partial charge in [-0.3, -0.25) is 0 Å². The number of hydrogen-bond donors (Lipinski definition) is 0. The molecule has 5 aromatic rings. The number of nitrogens with zero attached hydrogens (tertiary/aromatic N) is 2. The van der Waals surface area contributed by atoms with Crippen LogP contribution in [0.3, 0.4) is 0 Å². The summed E-state index contributed by atoms with van der Waals surface area (Å²) in [6.07, 6.45) is 8.77. The highest BCUT2D eigenvalue weighted by Gasteiger charge is 2.22. The van der Waals surface area contributed by atoms with Gasteiger partial charge in [-0.1, -0.05) is 134 Å². The molecule has 3 aromatic carbocycles. The van der Waals surface area contributed by atoms with Crippen LogP contribution >= 0.6 is 46.2 Å². The molecule has 54 heavy (non-hydrogen) atoms. The average Bonchev–Trinajstić information content (AvgIpc) is 3.85. The van der Waals surface area contributed by atoms with Crippen LogP contribution in [-0.4, -0.2) is 9.97 Å². The first kappa shape index (κ1) is 44.6. The molecule has 6 heteroatoms. The maximum absolute atomic E-state index is 4.49. The van der Waals surface area contributed by atoms with Crippen molar-refractivity contribution < 1.29 is 0 Å². The van der Waals surface area contributed by atoms with Crippen LogP contribution in [0.4, 0.5) is 0 Å². The van der Waals surface area contributed by atoms with Gasteiger partial charge in [0.2, 0.25) is 0 Å². The first-order chi connectivity index (χ1) is 25.4. The summed E-state index contributed by atoms with van der Waals surface area (Å²) in [7, 11) is 0. The maximum atomic E-state index is 4.49. The molecule has 2 aromatic heterocycles. The van der Waals surface area contributed by atoms with E-state index in [1.807, 2.05) is 0 Å². The van der Waals surface area contributed by atoms with Gasteiger partial charge in [0.15, 0.2) is 0 Å². The second kappa shape index (κ2) is 20.3. The zero-order chi connectivity index (χ0) is 39.9. The molecule has 8 rings (SSSR count). The Balaban J connectivity index is 0.000000151. The molecular formula is C48H68N2S4. The van der Waals surface area contributed by atoms with Gasteiger partial charge in [-0.25, -0.2) is 9.97 Å². The molecule has 0 radical (unpaired) electrons. The Labute approximate surface area is 345 Å². The van der Waals surface area contributed by atoms with Crippen LogP contribution in [0.15, 0.2) is 57.0 Å². The Morgan fingerprint density at radius 1 is 0.463 bits per heavy atom. The van der Waals surface area contributed by atoms with E-state index in [1.54, 1.807) is 46.2 Å². The smallest absolute Gasteiger partial charge is 0.0907 e. The lowest BCUT2D eigenvalue weighted by Crippen LogP contribution is -2.18. The van der Waals surface area contributed by atoms with E-state index in [4.69, 9.17) is 0 Å². The summed E-state index contributed by atoms with van der Waals surface area (Å²) in [5.41, 5.74) is 10.3. The van der Waals surface area contributed by atoms with Crippen LogP contribution in [0.5, 0.6) is 0 Å². The molecule has 0 spiro atoms. The lowest BCUT2D eigenvalue weighted by atomic mass is 9.77. The van der Waals surface area contributed by atoms with E-state index in [-0.39, 0.29) is 0 Å². The molecular weight excluding hydrogens is 733 g/mol. The highest BCUT2D eigenvalue weighted by molar-refractivity contribution is 8.24. The van der Waals surface area contributed by atoms with Gasteiger partial charge in [-0.05, 0) is 137 Å². The van der Waals surface area contributed by atoms with Gasteiger partial charge in [0.1, 0.15) is 0 Å². The summed E-state index contributed by atoms with van der Waals surface area (Å²) in [4.78, 5) is 11.8. The van der Waals surface area contributed by atoms with Crippen LogP contribution < -0.4 is 0 Å². The van der Waals surface area contributed by atoms with E-state index >= 15 is 0 Å². The summed E-state index contributed by atoms with van der Waals surface area (Å²) < 4.78 is 3.88. The predicted molar refractivity (Wildman–Crippen MR) is 247 cm³/mol. The molecule has 294 valence electrons. The number of hydrogen-bond acceptors (Lipinski definition) is 6. The number of aromatic nitrogens is 2. The first-order valence-electron chi connectivity index (χ1n) is 20.3. The topological polar surface area (TPSA) is 25.8 Å². The Kier molecular flexibility index (Phi) is 16.8. The van der Waals surface area contributed by atoms with E-state index < -0.39 is 0 Å². The van der Waals surface area contributed by atoms with Crippen LogP contribution in [-0.2, 0) is 0 Å². The van der Waals surface area contributed by atoms with E-state index in [0.717, 1.165) is 45.5 Å². The molecule has 0 amide bonds. The van der Waals surface area contributed by atoms with E-state index in [0.29, 0.717) is 0 Å². The van der Waals surface area contributed by atoms with Crippen molar-refractivity contribution in [2.75, 3.05) is 0 Å². The number of thioether (sulfide) groups is 2. The van der Waals surface area contributed by atoms with Crippen molar-refractivity contribution in [1.82, 2.24) is 9.97 Å². The Bertz CT molecular complexity index is 1780. The SMILES string of the molecule is C=C1Sc2c(C)ccc(C)c2S1.CC1CCC(C)C(C)C1.CC1CCC(C)C(C)C1.Cc1nc2c(C)ccc(C)c2s1.Cc1nc2c(C)ccc(C)c2s1. The van der Waals surface area contributed by atoms with E-state index in [1.165, 1.54) is 106 Å². The molecule has 6 atom stereocenters. The number of fused-ring (bicyclic) bond motifs is 3. The molecule has 2 aliphatic carbocycles. The molecule has 2 fully saturated rings. The summed E-state index contributed by atoms with van der Waals surface area (Å²) >= 11 is 7.16. The lowest BCUT2D eigenvalue weighted by molar-refractivity contribution is 0.220. The molecule has 2 nitrogen and oxygen atoms in total. The molecule has 6 unspecified atom stereocenters. The molecule has 1 aliphatic heterocycles. The van der Waals surface area contributed by atoms with Gasteiger partial charge < -0.3 is 0 Å². The van der Waals surface area contributed by atoms with Crippen molar-refractivity contribution in [3.05, 3.63) is 90.6 Å². The van der Waals surface area contributed by atoms with E-state index in [9.17, 15) is 0 Å². The second-order valence-corrected chi connectivity index (χ2v) is 21.8. The molecule has 3 aliphatic rings. The fraction of sp³-hybridized carbons (Fsp3) is 0.542. The Morgan fingerprint density at radius 2 is 0.796 bits per heavy atom. The van der Waals surface area contributed by atoms with Gasteiger partial charge in [0.25, 0.3) is 0 Å². The third-order valence-corrected chi connectivity index (χ3v) is 16.5. The molecule has 3 heterocycles. The summed E-state index contributed by atoms with van der Waals surface area (Å²) in [5.74, 6) is 5.93. The zero-order valence-corrected chi connectivity index (χ0v) is 39.2. The van der Waals surface area contributed by atoms with Gasteiger partial charge in [-0.15, -0.1) is 22.7 Å². The molecule has 0 saturated heterocycles. The quantitative estimate of drug-likeness (QED) is 0.156. The Hall–Kier alpha value is -2.12. The number of benzene rings is 3. The minimum absolute atomic E-state index is 0.980. The standard InChI is InChI=1S/2C10H11NS.C10H10S2.2C9H18/c3*1-6-4-5-7(2)10-9(6)11-8(3)12-10;2*1-7-4-5-8(2)9(3)6-7/h2*4-5H,1-3H3;4-5H,3H2,1-2H3;2*7-9H,4-6H2,1-3H3. The van der Waals surface area contributed by atoms with Gasteiger partial charge >= 0.3 is 0 Å². The summed E-state index contributed by atoms with van der Waals surface area (Å²) in [6, 6.07) is 13.0. The predicted octanol–water partition coefficient (Wildman–Crippen LogP) is 16.6. The van der Waals surface area contributed by atoms with Crippen molar-refractivity contribution in [2.24, 2.45) is 35.5 Å². The minimum atomic E-state index is 0.980. The average molecular weight is 801 g/mol. The highest BCUT2D eigenvalue weighted by Crippen LogP contribution is 2.52. The summed E-state index contributed by atoms with van der Waals surface area (Å²) in [6.45, 7) is 35.2.